The van der Waals surface area contributed by atoms with Crippen molar-refractivity contribution in [2.24, 2.45) is 0 Å². The van der Waals surface area contributed by atoms with Crippen molar-refractivity contribution in [2.45, 2.75) is 29.8 Å². The summed E-state index contributed by atoms with van der Waals surface area (Å²) in [6, 6.07) is 17.9. The molecule has 2 heterocycles. The van der Waals surface area contributed by atoms with Gasteiger partial charge in [0.05, 0.1) is 17.1 Å². The van der Waals surface area contributed by atoms with Crippen LogP contribution in [-0.2, 0) is 22.9 Å². The number of nitrogens with zero attached hydrogens (tertiary/aromatic N) is 2. The fourth-order valence-corrected chi connectivity index (χ4v) is 6.07. The number of hydrogen-bond donors (Lipinski definition) is 2. The summed E-state index contributed by atoms with van der Waals surface area (Å²) in [5.41, 5.74) is 1.13. The van der Waals surface area contributed by atoms with E-state index in [1.54, 1.807) is 67.8 Å². The predicted molar refractivity (Wildman–Crippen MR) is 145 cm³/mol. The molecule has 2 aromatic carbocycles. The van der Waals surface area contributed by atoms with Gasteiger partial charge >= 0.3 is 0 Å². The first kappa shape index (κ1) is 27.4. The molecule has 8 nitrogen and oxygen atoms in total. The molecular formula is C27H24Cl2N4O4S. The van der Waals surface area contributed by atoms with Gasteiger partial charge in [-0.3, -0.25) is 14.6 Å². The van der Waals surface area contributed by atoms with Gasteiger partial charge in [0.15, 0.2) is 0 Å². The Bertz CT molecular complexity index is 1590. The Morgan fingerprint density at radius 3 is 2.37 bits per heavy atom. The van der Waals surface area contributed by atoms with E-state index in [-0.39, 0.29) is 39.8 Å². The van der Waals surface area contributed by atoms with E-state index in [4.69, 9.17) is 23.2 Å². The lowest BCUT2D eigenvalue weighted by Crippen LogP contribution is -2.28. The van der Waals surface area contributed by atoms with Crippen molar-refractivity contribution in [3.8, 4) is 0 Å². The Labute approximate surface area is 230 Å². The second-order valence-electron chi connectivity index (χ2n) is 8.55. The van der Waals surface area contributed by atoms with E-state index in [0.29, 0.717) is 21.3 Å². The summed E-state index contributed by atoms with van der Waals surface area (Å²) in [6.45, 7) is 1.70. The lowest BCUT2D eigenvalue weighted by Gasteiger charge is -2.18. The van der Waals surface area contributed by atoms with Crippen LogP contribution >= 0.6 is 23.2 Å². The Hall–Kier alpha value is -3.66. The van der Waals surface area contributed by atoms with Gasteiger partial charge in [0.25, 0.3) is 11.8 Å². The zero-order valence-corrected chi connectivity index (χ0v) is 22.9. The molecule has 11 heteroatoms. The third-order valence-corrected chi connectivity index (χ3v) is 8.41. The van der Waals surface area contributed by atoms with Gasteiger partial charge < -0.3 is 15.2 Å². The topological polar surface area (TPSA) is 112 Å². The maximum absolute atomic E-state index is 13.7. The van der Waals surface area contributed by atoms with Crippen LogP contribution in [-0.4, -0.2) is 42.1 Å². The number of aromatic amines is 1. The number of pyridine rings is 1. The number of H-pyrrole nitrogens is 1. The van der Waals surface area contributed by atoms with E-state index >= 15 is 0 Å². The van der Waals surface area contributed by atoms with E-state index in [1.807, 2.05) is 0 Å². The summed E-state index contributed by atoms with van der Waals surface area (Å²) >= 11 is 12.2. The fourth-order valence-electron chi connectivity index (χ4n) is 3.93. The number of sulfone groups is 1. The van der Waals surface area contributed by atoms with Crippen LogP contribution in [0.4, 0.5) is 0 Å². The molecule has 0 unspecified atom stereocenters. The van der Waals surface area contributed by atoms with Crippen molar-refractivity contribution in [3.05, 3.63) is 111 Å². The Balaban J connectivity index is 1.72. The fraction of sp³-hybridized carbons (Fsp3) is 0.148. The van der Waals surface area contributed by atoms with Gasteiger partial charge in [-0.25, -0.2) is 8.42 Å². The van der Waals surface area contributed by atoms with E-state index in [2.05, 4.69) is 15.3 Å². The number of carbonyl (C=O) groups is 2. The molecule has 0 atom stereocenters. The molecule has 0 bridgehead atoms. The van der Waals surface area contributed by atoms with Crippen molar-refractivity contribution in [1.29, 1.82) is 0 Å². The first-order chi connectivity index (χ1) is 18.1. The maximum atomic E-state index is 13.7. The first-order valence-corrected chi connectivity index (χ1v) is 13.7. The molecule has 196 valence electrons. The molecule has 0 spiro atoms. The van der Waals surface area contributed by atoms with Gasteiger partial charge in [0.2, 0.25) is 9.84 Å². The van der Waals surface area contributed by atoms with Crippen molar-refractivity contribution in [3.63, 3.8) is 0 Å². The molecule has 0 aliphatic heterocycles. The average molecular weight is 571 g/mol. The zero-order chi connectivity index (χ0) is 27.4. The lowest BCUT2D eigenvalue weighted by atomic mass is 10.2. The molecular weight excluding hydrogens is 547 g/mol. The van der Waals surface area contributed by atoms with Crippen LogP contribution in [0.5, 0.6) is 0 Å². The molecule has 0 saturated heterocycles. The van der Waals surface area contributed by atoms with Crippen LogP contribution in [0.25, 0.3) is 0 Å². The summed E-state index contributed by atoms with van der Waals surface area (Å²) in [5.74, 6) is -1.20. The van der Waals surface area contributed by atoms with Gasteiger partial charge in [-0.15, -0.1) is 0 Å². The minimum Gasteiger partial charge on any atom is -0.345 e. The molecule has 2 N–H and O–H groups in total. The number of amides is 2. The van der Waals surface area contributed by atoms with Gasteiger partial charge in [-0.1, -0.05) is 53.5 Å². The minimum atomic E-state index is -4.15. The van der Waals surface area contributed by atoms with Crippen LogP contribution in [0, 0.1) is 6.92 Å². The summed E-state index contributed by atoms with van der Waals surface area (Å²) < 4.78 is 27.3. The van der Waals surface area contributed by atoms with Crippen LogP contribution in [0.1, 0.15) is 37.8 Å². The number of benzene rings is 2. The molecule has 0 aliphatic carbocycles. The third kappa shape index (κ3) is 5.75. The second kappa shape index (κ2) is 11.4. The van der Waals surface area contributed by atoms with Crippen molar-refractivity contribution >= 4 is 44.9 Å². The molecule has 0 saturated carbocycles. The highest BCUT2D eigenvalue weighted by molar-refractivity contribution is 7.91. The summed E-state index contributed by atoms with van der Waals surface area (Å²) in [4.78, 5) is 34.8. The summed E-state index contributed by atoms with van der Waals surface area (Å²) in [5, 5.41) is 3.54. The molecule has 2 amide bonds. The van der Waals surface area contributed by atoms with Crippen LogP contribution in [0.15, 0.2) is 82.7 Å². The second-order valence-corrected chi connectivity index (χ2v) is 11.3. The molecule has 0 aliphatic rings. The van der Waals surface area contributed by atoms with Gasteiger partial charge in [0, 0.05) is 29.8 Å². The highest BCUT2D eigenvalue weighted by Gasteiger charge is 2.33. The monoisotopic (exact) mass is 570 g/mol. The van der Waals surface area contributed by atoms with Gasteiger partial charge in [-0.2, -0.15) is 0 Å². The number of aromatic nitrogens is 2. The maximum Gasteiger partial charge on any atom is 0.270 e. The standard InChI is InChI=1S/C27H24Cl2N4O4S/c1-17-23(27(35)33(2)16-18-11-12-19(28)14-22(18)29)32-24(26(34)31-15-20-8-6-7-13-30-20)25(17)38(36,37)21-9-4-3-5-10-21/h3-14,32H,15-16H2,1-2H3,(H,31,34). The molecule has 0 fully saturated rings. The predicted octanol–water partition coefficient (Wildman–Crippen LogP) is 5.06. The average Bonchev–Trinajstić information content (AvgIpc) is 3.27. The Morgan fingerprint density at radius 2 is 1.71 bits per heavy atom. The molecule has 4 rings (SSSR count). The van der Waals surface area contributed by atoms with Crippen LogP contribution in [0.2, 0.25) is 10.0 Å². The SMILES string of the molecule is Cc1c(C(=O)N(C)Cc2ccc(Cl)cc2Cl)[nH]c(C(=O)NCc2ccccn2)c1S(=O)(=O)c1ccccc1. The van der Waals surface area contributed by atoms with E-state index in [9.17, 15) is 18.0 Å². The molecule has 2 aromatic heterocycles. The molecule has 4 aromatic rings. The Morgan fingerprint density at radius 1 is 1.00 bits per heavy atom. The summed E-state index contributed by atoms with van der Waals surface area (Å²) in [6.07, 6.45) is 1.59. The van der Waals surface area contributed by atoms with E-state index in [1.165, 1.54) is 24.0 Å². The number of rotatable bonds is 8. The Kier molecular flexibility index (Phi) is 8.20. The number of hydrogen-bond acceptors (Lipinski definition) is 5. The highest BCUT2D eigenvalue weighted by Crippen LogP contribution is 2.31. The van der Waals surface area contributed by atoms with E-state index < -0.39 is 21.7 Å². The van der Waals surface area contributed by atoms with Crippen molar-refractivity contribution in [2.75, 3.05) is 7.05 Å². The lowest BCUT2D eigenvalue weighted by molar-refractivity contribution is 0.0779. The zero-order valence-electron chi connectivity index (χ0n) is 20.5. The number of nitrogens with one attached hydrogen (secondary N) is 2. The molecule has 0 radical (unpaired) electrons. The van der Waals surface area contributed by atoms with Gasteiger partial charge in [0.1, 0.15) is 16.3 Å². The largest absolute Gasteiger partial charge is 0.345 e. The number of carbonyl (C=O) groups excluding carboxylic acids is 2. The van der Waals surface area contributed by atoms with E-state index in [0.717, 1.165) is 0 Å². The number of halogens is 2. The summed E-state index contributed by atoms with van der Waals surface area (Å²) in [7, 11) is -2.60. The first-order valence-electron chi connectivity index (χ1n) is 11.5. The van der Waals surface area contributed by atoms with Crippen LogP contribution < -0.4 is 5.32 Å². The van der Waals surface area contributed by atoms with Gasteiger partial charge in [-0.05, 0) is 54.4 Å². The van der Waals surface area contributed by atoms with Crippen molar-refractivity contribution in [1.82, 2.24) is 20.2 Å². The minimum absolute atomic E-state index is 0.00109. The molecule has 38 heavy (non-hydrogen) atoms. The highest BCUT2D eigenvalue weighted by atomic mass is 35.5. The van der Waals surface area contributed by atoms with Crippen LogP contribution in [0.3, 0.4) is 0 Å². The normalized spacial score (nSPS) is 11.3. The van der Waals surface area contributed by atoms with Crippen molar-refractivity contribution < 1.29 is 18.0 Å². The third-order valence-electron chi connectivity index (χ3n) is 5.88. The smallest absolute Gasteiger partial charge is 0.270 e. The quantitative estimate of drug-likeness (QED) is 0.307.